The maximum absolute atomic E-state index is 11.2. The molecule has 0 atom stereocenters. The third-order valence-electron chi connectivity index (χ3n) is 3.81. The molecular weight excluding hydrogens is 270 g/mol. The Morgan fingerprint density at radius 1 is 1.29 bits per heavy atom. The number of carbonyl (C=O) groups is 1. The summed E-state index contributed by atoms with van der Waals surface area (Å²) in [5, 5.41) is 13.4. The van der Waals surface area contributed by atoms with E-state index in [0.29, 0.717) is 24.5 Å². The molecule has 1 aromatic heterocycles. The Morgan fingerprint density at radius 3 is 2.71 bits per heavy atom. The predicted molar refractivity (Wildman–Crippen MR) is 78.6 cm³/mol. The first-order valence-electron chi connectivity index (χ1n) is 6.93. The number of rotatable bonds is 3. The molecule has 0 unspecified atom stereocenters. The van der Waals surface area contributed by atoms with Crippen molar-refractivity contribution in [2.24, 2.45) is 0 Å². The summed E-state index contributed by atoms with van der Waals surface area (Å²) >= 11 is 0. The van der Waals surface area contributed by atoms with Crippen molar-refractivity contribution in [2.75, 3.05) is 18.5 Å². The Kier molecular flexibility index (Phi) is 3.47. The number of hydrogen-bond acceptors (Lipinski definition) is 5. The van der Waals surface area contributed by atoms with Crippen molar-refractivity contribution >= 4 is 22.7 Å². The van der Waals surface area contributed by atoms with Crippen molar-refractivity contribution in [3.05, 3.63) is 30.1 Å². The number of para-hydroxylation sites is 1. The van der Waals surface area contributed by atoms with E-state index in [-0.39, 0.29) is 11.4 Å². The summed E-state index contributed by atoms with van der Waals surface area (Å²) < 4.78 is 5.39. The number of carboxylic acids is 1. The number of hydrogen-bond donors (Lipinski definition) is 2. The van der Waals surface area contributed by atoms with Gasteiger partial charge in [-0.15, -0.1) is 0 Å². The van der Waals surface area contributed by atoms with E-state index in [1.807, 2.05) is 18.2 Å². The second-order valence-electron chi connectivity index (χ2n) is 5.52. The topological polar surface area (TPSA) is 84.3 Å². The van der Waals surface area contributed by atoms with Crippen LogP contribution in [0.5, 0.6) is 0 Å². The summed E-state index contributed by atoms with van der Waals surface area (Å²) in [4.78, 5) is 19.4. The molecule has 1 aliphatic rings. The molecule has 1 aliphatic heterocycles. The number of benzene rings is 1. The Hall–Kier alpha value is -2.21. The second-order valence-corrected chi connectivity index (χ2v) is 5.52. The average Bonchev–Trinajstić information content (AvgIpc) is 2.47. The molecule has 21 heavy (non-hydrogen) atoms. The summed E-state index contributed by atoms with van der Waals surface area (Å²) in [5.74, 6) is -0.741. The van der Waals surface area contributed by atoms with Gasteiger partial charge in [0.05, 0.1) is 5.52 Å². The number of aromatic nitrogens is 2. The van der Waals surface area contributed by atoms with E-state index < -0.39 is 5.97 Å². The van der Waals surface area contributed by atoms with E-state index in [1.54, 1.807) is 6.07 Å². The lowest BCUT2D eigenvalue weighted by Crippen LogP contribution is -2.41. The van der Waals surface area contributed by atoms with Crippen LogP contribution in [0.4, 0.5) is 5.82 Å². The van der Waals surface area contributed by atoms with Crippen molar-refractivity contribution in [3.8, 4) is 0 Å². The van der Waals surface area contributed by atoms with Crippen molar-refractivity contribution < 1.29 is 14.6 Å². The average molecular weight is 287 g/mol. The number of aromatic carboxylic acids is 1. The van der Waals surface area contributed by atoms with Gasteiger partial charge in [0, 0.05) is 24.1 Å². The van der Waals surface area contributed by atoms with Crippen LogP contribution in [0.3, 0.4) is 0 Å². The highest BCUT2D eigenvalue weighted by Crippen LogP contribution is 2.28. The zero-order chi connectivity index (χ0) is 14.9. The van der Waals surface area contributed by atoms with Crippen LogP contribution in [-0.2, 0) is 4.74 Å². The summed E-state index contributed by atoms with van der Waals surface area (Å²) in [7, 11) is 0. The molecule has 110 valence electrons. The van der Waals surface area contributed by atoms with E-state index in [2.05, 4.69) is 22.2 Å². The van der Waals surface area contributed by atoms with Gasteiger partial charge in [-0.3, -0.25) is 0 Å². The first-order chi connectivity index (χ1) is 10.1. The molecule has 0 spiro atoms. The zero-order valence-corrected chi connectivity index (χ0v) is 11.8. The minimum Gasteiger partial charge on any atom is -0.475 e. The highest BCUT2D eigenvalue weighted by molar-refractivity contribution is 5.93. The second kappa shape index (κ2) is 5.29. The highest BCUT2D eigenvalue weighted by atomic mass is 16.5. The molecule has 1 aromatic carbocycles. The van der Waals surface area contributed by atoms with Crippen LogP contribution in [0, 0.1) is 0 Å². The molecule has 0 aliphatic carbocycles. The van der Waals surface area contributed by atoms with Crippen LogP contribution in [-0.4, -0.2) is 39.8 Å². The van der Waals surface area contributed by atoms with Crippen LogP contribution in [0.2, 0.25) is 0 Å². The molecule has 1 saturated heterocycles. The minimum absolute atomic E-state index is 0.148. The molecule has 2 N–H and O–H groups in total. The summed E-state index contributed by atoms with van der Waals surface area (Å²) in [6, 6.07) is 7.41. The maximum atomic E-state index is 11.2. The van der Waals surface area contributed by atoms with E-state index in [0.717, 1.165) is 18.2 Å². The monoisotopic (exact) mass is 287 g/mol. The smallest absolute Gasteiger partial charge is 0.374 e. The van der Waals surface area contributed by atoms with Gasteiger partial charge in [-0.2, -0.15) is 0 Å². The molecule has 2 heterocycles. The minimum atomic E-state index is -1.12. The van der Waals surface area contributed by atoms with Crippen LogP contribution in [0.1, 0.15) is 30.4 Å². The molecule has 6 heteroatoms. The summed E-state index contributed by atoms with van der Waals surface area (Å²) in [6.07, 6.45) is 1.71. The first-order valence-corrected chi connectivity index (χ1v) is 6.93. The van der Waals surface area contributed by atoms with Crippen molar-refractivity contribution in [1.82, 2.24) is 9.97 Å². The lowest BCUT2D eigenvalue weighted by molar-refractivity contribution is 0.0653. The number of nitrogens with zero attached hydrogens (tertiary/aromatic N) is 2. The van der Waals surface area contributed by atoms with Gasteiger partial charge in [-0.25, -0.2) is 14.8 Å². The largest absolute Gasteiger partial charge is 0.475 e. The van der Waals surface area contributed by atoms with Gasteiger partial charge in [0.2, 0.25) is 5.82 Å². The third kappa shape index (κ3) is 2.80. The number of fused-ring (bicyclic) bond motifs is 1. The van der Waals surface area contributed by atoms with E-state index in [1.165, 1.54) is 0 Å². The molecule has 1 fully saturated rings. The molecule has 0 bridgehead atoms. The molecule has 0 amide bonds. The van der Waals surface area contributed by atoms with Gasteiger partial charge in [0.15, 0.2) is 0 Å². The fraction of sp³-hybridized carbons (Fsp3) is 0.400. The standard InChI is InChI=1S/C15H17N3O3/c1-15(6-8-21-9-7-15)18-12-10-4-2-3-5-11(10)16-13(17-12)14(19)20/h2-5H,6-9H2,1H3,(H,19,20)(H,16,17,18). The molecule has 2 aromatic rings. The highest BCUT2D eigenvalue weighted by Gasteiger charge is 2.28. The normalized spacial score (nSPS) is 17.6. The van der Waals surface area contributed by atoms with Crippen molar-refractivity contribution in [1.29, 1.82) is 0 Å². The van der Waals surface area contributed by atoms with Crippen molar-refractivity contribution in [3.63, 3.8) is 0 Å². The number of ether oxygens (including phenoxy) is 1. The number of carboxylic acid groups (broad SMARTS) is 1. The van der Waals surface area contributed by atoms with Gasteiger partial charge < -0.3 is 15.2 Å². The van der Waals surface area contributed by atoms with Gasteiger partial charge in [0.1, 0.15) is 5.82 Å². The quantitative estimate of drug-likeness (QED) is 0.901. The SMILES string of the molecule is CC1(Nc2nc(C(=O)O)nc3ccccc23)CCOCC1. The molecule has 0 saturated carbocycles. The summed E-state index contributed by atoms with van der Waals surface area (Å²) in [6.45, 7) is 3.49. The van der Waals surface area contributed by atoms with Crippen LogP contribution in [0.15, 0.2) is 24.3 Å². The fourth-order valence-electron chi connectivity index (χ4n) is 2.50. The van der Waals surface area contributed by atoms with Gasteiger partial charge in [-0.05, 0) is 31.9 Å². The summed E-state index contributed by atoms with van der Waals surface area (Å²) in [5.41, 5.74) is 0.480. The zero-order valence-electron chi connectivity index (χ0n) is 11.8. The van der Waals surface area contributed by atoms with Crippen LogP contribution >= 0.6 is 0 Å². The molecule has 6 nitrogen and oxygen atoms in total. The third-order valence-corrected chi connectivity index (χ3v) is 3.81. The van der Waals surface area contributed by atoms with Crippen LogP contribution < -0.4 is 5.32 Å². The Labute approximate surface area is 122 Å². The Bertz CT molecular complexity index is 681. The van der Waals surface area contributed by atoms with E-state index >= 15 is 0 Å². The Morgan fingerprint density at radius 2 is 2.00 bits per heavy atom. The first kappa shape index (κ1) is 13.8. The van der Waals surface area contributed by atoms with Gasteiger partial charge >= 0.3 is 5.97 Å². The van der Waals surface area contributed by atoms with E-state index in [9.17, 15) is 4.79 Å². The van der Waals surface area contributed by atoms with Crippen molar-refractivity contribution in [2.45, 2.75) is 25.3 Å². The van der Waals surface area contributed by atoms with Gasteiger partial charge in [0.25, 0.3) is 0 Å². The predicted octanol–water partition coefficient (Wildman–Crippen LogP) is 2.31. The Balaban J connectivity index is 2.05. The fourth-order valence-corrected chi connectivity index (χ4v) is 2.50. The lowest BCUT2D eigenvalue weighted by Gasteiger charge is -2.35. The maximum Gasteiger partial charge on any atom is 0.374 e. The molecule has 0 radical (unpaired) electrons. The molecule has 3 rings (SSSR count). The number of nitrogens with one attached hydrogen (secondary N) is 1. The molecular formula is C15H17N3O3. The van der Waals surface area contributed by atoms with Gasteiger partial charge in [-0.1, -0.05) is 12.1 Å². The number of anilines is 1. The lowest BCUT2D eigenvalue weighted by atomic mass is 9.92. The van der Waals surface area contributed by atoms with Crippen LogP contribution in [0.25, 0.3) is 10.9 Å². The van der Waals surface area contributed by atoms with E-state index in [4.69, 9.17) is 9.84 Å².